The van der Waals surface area contributed by atoms with Crippen molar-refractivity contribution >= 4 is 39.0 Å². The smallest absolute Gasteiger partial charge is 0.310 e. The molecule has 0 aliphatic carbocycles. The maximum Gasteiger partial charge on any atom is 0.310 e. The van der Waals surface area contributed by atoms with Gasteiger partial charge in [-0.05, 0) is 30.3 Å². The van der Waals surface area contributed by atoms with Gasteiger partial charge in [0.25, 0.3) is 0 Å². The number of hydrogen-bond donors (Lipinski definition) is 0. The molecule has 104 valence electrons. The molecule has 2 rings (SSSR count). The van der Waals surface area contributed by atoms with Gasteiger partial charge in [0.05, 0.1) is 18.4 Å². The fraction of sp³-hybridized carbons (Fsp3) is 0.143. The van der Waals surface area contributed by atoms with Crippen molar-refractivity contribution in [2.75, 3.05) is 7.11 Å². The van der Waals surface area contributed by atoms with E-state index in [1.165, 1.54) is 30.6 Å². The van der Waals surface area contributed by atoms with Crippen LogP contribution in [0.5, 0.6) is 0 Å². The Balaban J connectivity index is 2.23. The Bertz CT molecular complexity index is 646. The maximum atomic E-state index is 13.3. The molecule has 20 heavy (non-hydrogen) atoms. The lowest BCUT2D eigenvalue weighted by atomic mass is 10.1. The Labute approximate surface area is 127 Å². The number of hydrogen-bond acceptors (Lipinski definition) is 4. The summed E-state index contributed by atoms with van der Waals surface area (Å²) in [7, 11) is 1.31. The predicted molar refractivity (Wildman–Crippen MR) is 77.6 cm³/mol. The first kappa shape index (κ1) is 14.9. The van der Waals surface area contributed by atoms with Crippen molar-refractivity contribution in [2.45, 2.75) is 6.42 Å². The molecule has 0 saturated carbocycles. The zero-order chi connectivity index (χ0) is 14.7. The molecule has 0 radical (unpaired) electrons. The van der Waals surface area contributed by atoms with E-state index in [-0.39, 0.29) is 23.7 Å². The quantitative estimate of drug-likeness (QED) is 0.620. The molecule has 0 saturated heterocycles. The van der Waals surface area contributed by atoms with Crippen molar-refractivity contribution in [3.63, 3.8) is 0 Å². The Morgan fingerprint density at radius 2 is 2.05 bits per heavy atom. The summed E-state index contributed by atoms with van der Waals surface area (Å²) in [5.41, 5.74) is 0.267. The fourth-order valence-electron chi connectivity index (χ4n) is 1.64. The fourth-order valence-corrected chi connectivity index (χ4v) is 3.06. The van der Waals surface area contributed by atoms with Crippen LogP contribution in [0.15, 0.2) is 34.8 Å². The van der Waals surface area contributed by atoms with Crippen molar-refractivity contribution in [1.29, 1.82) is 0 Å². The Morgan fingerprint density at radius 3 is 2.70 bits per heavy atom. The second-order valence-corrected chi connectivity index (χ2v) is 6.09. The number of ether oxygens (including phenoxy) is 1. The highest BCUT2D eigenvalue weighted by Gasteiger charge is 2.15. The molecule has 0 aliphatic heterocycles. The number of carbonyl (C=O) groups excluding carboxylic acids is 2. The molecule has 2 aromatic rings. The van der Waals surface area contributed by atoms with Crippen molar-refractivity contribution in [1.82, 2.24) is 0 Å². The average Bonchev–Trinajstić information content (AvgIpc) is 2.85. The summed E-state index contributed by atoms with van der Waals surface area (Å²) in [6.45, 7) is 0. The van der Waals surface area contributed by atoms with Gasteiger partial charge in [0.15, 0.2) is 0 Å². The SMILES string of the molecule is COC(=O)Cc1ccc(C(=O)c2cc(F)cc(Br)c2)s1. The lowest BCUT2D eigenvalue weighted by Crippen LogP contribution is -2.02. The summed E-state index contributed by atoms with van der Waals surface area (Å²) in [6.07, 6.45) is 0.126. The van der Waals surface area contributed by atoms with Crippen LogP contribution >= 0.6 is 27.3 Å². The van der Waals surface area contributed by atoms with Crippen LogP contribution in [0.3, 0.4) is 0 Å². The van der Waals surface area contributed by atoms with Crippen LogP contribution in [-0.4, -0.2) is 18.9 Å². The van der Waals surface area contributed by atoms with Gasteiger partial charge >= 0.3 is 5.97 Å². The number of thiophene rings is 1. The number of methoxy groups -OCH3 is 1. The Hall–Kier alpha value is -1.53. The van der Waals surface area contributed by atoms with E-state index in [9.17, 15) is 14.0 Å². The van der Waals surface area contributed by atoms with Crippen molar-refractivity contribution in [3.8, 4) is 0 Å². The summed E-state index contributed by atoms with van der Waals surface area (Å²) in [6, 6.07) is 7.36. The van der Waals surface area contributed by atoms with Crippen LogP contribution in [0.2, 0.25) is 0 Å². The Morgan fingerprint density at radius 1 is 1.30 bits per heavy atom. The van der Waals surface area contributed by atoms with Gasteiger partial charge in [-0.15, -0.1) is 11.3 Å². The van der Waals surface area contributed by atoms with E-state index >= 15 is 0 Å². The van der Waals surface area contributed by atoms with Crippen LogP contribution in [0, 0.1) is 5.82 Å². The van der Waals surface area contributed by atoms with Gasteiger partial charge in [-0.2, -0.15) is 0 Å². The first-order chi connectivity index (χ1) is 9.49. The van der Waals surface area contributed by atoms with Gasteiger partial charge in [0.1, 0.15) is 5.82 Å². The summed E-state index contributed by atoms with van der Waals surface area (Å²) in [4.78, 5) is 24.6. The number of carbonyl (C=O) groups is 2. The van der Waals surface area contributed by atoms with Crippen LogP contribution in [-0.2, 0) is 16.0 Å². The highest BCUT2D eigenvalue weighted by atomic mass is 79.9. The molecule has 0 bridgehead atoms. The monoisotopic (exact) mass is 356 g/mol. The maximum absolute atomic E-state index is 13.3. The van der Waals surface area contributed by atoms with Crippen molar-refractivity contribution in [2.24, 2.45) is 0 Å². The third kappa shape index (κ3) is 3.52. The van der Waals surface area contributed by atoms with Gasteiger partial charge in [-0.3, -0.25) is 9.59 Å². The number of rotatable bonds is 4. The van der Waals surface area contributed by atoms with Gasteiger partial charge in [0.2, 0.25) is 5.78 Å². The molecular formula is C14H10BrFO3S. The van der Waals surface area contributed by atoms with Crippen molar-refractivity contribution in [3.05, 3.63) is 55.9 Å². The average molecular weight is 357 g/mol. The minimum absolute atomic E-state index is 0.126. The molecule has 0 spiro atoms. The molecule has 6 heteroatoms. The van der Waals surface area contributed by atoms with Crippen molar-refractivity contribution < 1.29 is 18.7 Å². The molecule has 0 unspecified atom stereocenters. The van der Waals surface area contributed by atoms with E-state index in [0.717, 1.165) is 4.88 Å². The lowest BCUT2D eigenvalue weighted by molar-refractivity contribution is -0.139. The molecule has 1 heterocycles. The summed E-state index contributed by atoms with van der Waals surface area (Å²) >= 11 is 4.35. The number of ketones is 1. The minimum atomic E-state index is -0.478. The molecule has 0 fully saturated rings. The van der Waals surface area contributed by atoms with Gasteiger partial charge in [-0.1, -0.05) is 15.9 Å². The second kappa shape index (κ2) is 6.28. The highest BCUT2D eigenvalue weighted by molar-refractivity contribution is 9.10. The third-order valence-electron chi connectivity index (χ3n) is 2.56. The zero-order valence-corrected chi connectivity index (χ0v) is 12.9. The molecule has 3 nitrogen and oxygen atoms in total. The summed E-state index contributed by atoms with van der Waals surface area (Å²) < 4.78 is 18.4. The molecule has 1 aromatic carbocycles. The molecule has 0 amide bonds. The number of halogens is 2. The van der Waals surface area contributed by atoms with E-state index in [4.69, 9.17) is 0 Å². The van der Waals surface area contributed by atoms with Gasteiger partial charge in [0, 0.05) is 14.9 Å². The lowest BCUT2D eigenvalue weighted by Gasteiger charge is -2.00. The topological polar surface area (TPSA) is 43.4 Å². The van der Waals surface area contributed by atoms with Crippen LogP contribution in [0.25, 0.3) is 0 Å². The first-order valence-electron chi connectivity index (χ1n) is 5.66. The summed E-state index contributed by atoms with van der Waals surface area (Å²) in [5, 5.41) is 0. The normalized spacial score (nSPS) is 10.3. The molecule has 0 N–H and O–H groups in total. The Kier molecular flexibility index (Phi) is 4.67. The largest absolute Gasteiger partial charge is 0.469 e. The second-order valence-electron chi connectivity index (χ2n) is 4.01. The zero-order valence-electron chi connectivity index (χ0n) is 10.5. The highest BCUT2D eigenvalue weighted by Crippen LogP contribution is 2.23. The van der Waals surface area contributed by atoms with Crippen LogP contribution in [0.1, 0.15) is 20.1 Å². The van der Waals surface area contributed by atoms with Crippen LogP contribution in [0.4, 0.5) is 4.39 Å². The van der Waals surface area contributed by atoms with E-state index in [2.05, 4.69) is 20.7 Å². The number of benzene rings is 1. The molecular weight excluding hydrogens is 347 g/mol. The predicted octanol–water partition coefficient (Wildman–Crippen LogP) is 3.60. The first-order valence-corrected chi connectivity index (χ1v) is 7.27. The molecule has 0 aliphatic rings. The number of esters is 1. The third-order valence-corrected chi connectivity index (χ3v) is 4.10. The van der Waals surface area contributed by atoms with Gasteiger partial charge in [-0.25, -0.2) is 4.39 Å². The standard InChI is InChI=1S/C14H10BrFO3S/c1-19-13(17)7-11-2-3-12(20-11)14(18)8-4-9(15)6-10(16)5-8/h2-6H,7H2,1H3. The summed E-state index contributed by atoms with van der Waals surface area (Å²) in [5.74, 6) is -1.11. The van der Waals surface area contributed by atoms with E-state index in [1.807, 2.05) is 0 Å². The minimum Gasteiger partial charge on any atom is -0.469 e. The molecule has 1 aromatic heterocycles. The van der Waals surface area contributed by atoms with E-state index < -0.39 is 5.82 Å². The van der Waals surface area contributed by atoms with Gasteiger partial charge < -0.3 is 4.74 Å². The van der Waals surface area contributed by atoms with Crippen LogP contribution < -0.4 is 0 Å². The van der Waals surface area contributed by atoms with E-state index in [1.54, 1.807) is 18.2 Å². The van der Waals surface area contributed by atoms with E-state index in [0.29, 0.717) is 9.35 Å². The molecule has 0 atom stereocenters.